The zero-order valence-corrected chi connectivity index (χ0v) is 17.6. The molecule has 6 heteroatoms. The molecule has 0 aliphatic carbocycles. The molecule has 0 aromatic heterocycles. The summed E-state index contributed by atoms with van der Waals surface area (Å²) in [4.78, 5) is 0. The van der Waals surface area contributed by atoms with Gasteiger partial charge in [-0.25, -0.2) is 0 Å². The molecule has 0 aliphatic heterocycles. The van der Waals surface area contributed by atoms with Crippen LogP contribution in [0.2, 0.25) is 0 Å². The first kappa shape index (κ1) is 21.0. The van der Waals surface area contributed by atoms with Gasteiger partial charge in [0.25, 0.3) is 0 Å². The molecule has 0 saturated carbocycles. The Morgan fingerprint density at radius 1 is 0.828 bits per heavy atom. The second-order valence-corrected chi connectivity index (χ2v) is 7.45. The van der Waals surface area contributed by atoms with Crippen molar-refractivity contribution in [3.05, 3.63) is 35.9 Å². The molecule has 0 amide bonds. The molecule has 3 aromatic rings. The molecule has 3 N–H and O–H groups in total. The molecule has 1 atom stereocenters. The van der Waals surface area contributed by atoms with E-state index >= 15 is 0 Å². The van der Waals surface area contributed by atoms with Gasteiger partial charge in [-0.1, -0.05) is 13.8 Å². The highest BCUT2D eigenvalue weighted by Gasteiger charge is 2.17. The molecule has 29 heavy (non-hydrogen) atoms. The Bertz CT molecular complexity index is 1020. The van der Waals surface area contributed by atoms with Gasteiger partial charge in [-0.05, 0) is 63.4 Å². The van der Waals surface area contributed by atoms with Gasteiger partial charge in [0, 0.05) is 12.6 Å². The fraction of sp³-hybridized carbons (Fsp3) is 0.391. The van der Waals surface area contributed by atoms with E-state index in [0.717, 1.165) is 27.1 Å². The van der Waals surface area contributed by atoms with Crippen molar-refractivity contribution < 1.29 is 24.4 Å². The van der Waals surface area contributed by atoms with Crippen LogP contribution in [0.3, 0.4) is 0 Å². The number of nitrogens with one attached hydrogen (secondary N) is 1. The van der Waals surface area contributed by atoms with Gasteiger partial charge < -0.3 is 29.7 Å². The van der Waals surface area contributed by atoms with Crippen molar-refractivity contribution in [1.29, 1.82) is 0 Å². The van der Waals surface area contributed by atoms with E-state index < -0.39 is 0 Å². The number of aromatic hydroxyl groups is 1. The molecule has 6 nitrogen and oxygen atoms in total. The number of aliphatic hydroxyl groups excluding tert-OH is 1. The molecule has 0 radical (unpaired) electrons. The third kappa shape index (κ3) is 4.04. The molecule has 0 heterocycles. The number of aliphatic hydroxyl groups is 1. The van der Waals surface area contributed by atoms with Crippen LogP contribution in [0.4, 0.5) is 0 Å². The molecular weight excluding hydrogens is 370 g/mol. The van der Waals surface area contributed by atoms with Crippen LogP contribution in [0, 0.1) is 5.92 Å². The van der Waals surface area contributed by atoms with Crippen LogP contribution in [-0.2, 0) is 6.54 Å². The molecular formula is C23H29NO5. The van der Waals surface area contributed by atoms with Gasteiger partial charge in [0.2, 0.25) is 0 Å². The minimum Gasteiger partial charge on any atom is -0.504 e. The Kier molecular flexibility index (Phi) is 6.35. The van der Waals surface area contributed by atoms with Crippen molar-refractivity contribution in [3.8, 4) is 23.0 Å². The molecule has 0 aliphatic rings. The molecule has 3 aromatic carbocycles. The minimum absolute atomic E-state index is 0.00440. The normalized spacial score (nSPS) is 12.5. The number of hydrogen-bond donors (Lipinski definition) is 3. The fourth-order valence-electron chi connectivity index (χ4n) is 3.63. The predicted molar refractivity (Wildman–Crippen MR) is 115 cm³/mol. The van der Waals surface area contributed by atoms with Crippen LogP contribution in [0.25, 0.3) is 21.5 Å². The van der Waals surface area contributed by atoms with Crippen molar-refractivity contribution in [3.63, 3.8) is 0 Å². The van der Waals surface area contributed by atoms with Gasteiger partial charge in [0.1, 0.15) is 0 Å². The minimum atomic E-state index is -0.00440. The van der Waals surface area contributed by atoms with Gasteiger partial charge >= 0.3 is 0 Å². The van der Waals surface area contributed by atoms with Crippen LogP contribution in [0.15, 0.2) is 30.3 Å². The number of phenols is 1. The highest BCUT2D eigenvalue weighted by molar-refractivity contribution is 6.11. The number of benzene rings is 3. The number of hydrogen-bond acceptors (Lipinski definition) is 6. The van der Waals surface area contributed by atoms with Crippen molar-refractivity contribution in [2.24, 2.45) is 5.92 Å². The monoisotopic (exact) mass is 399 g/mol. The highest BCUT2D eigenvalue weighted by atomic mass is 16.5. The number of phenolic OH excluding ortho intramolecular Hbond substituents is 1. The Hall–Kier alpha value is -2.70. The van der Waals surface area contributed by atoms with Crippen LogP contribution in [-0.4, -0.2) is 44.2 Å². The van der Waals surface area contributed by atoms with E-state index in [2.05, 4.69) is 25.2 Å². The molecule has 156 valence electrons. The first-order valence-electron chi connectivity index (χ1n) is 9.66. The van der Waals surface area contributed by atoms with Gasteiger partial charge in [0.15, 0.2) is 23.0 Å². The Labute approximate surface area is 171 Å². The number of fused-ring (bicyclic) bond motifs is 3. The lowest BCUT2D eigenvalue weighted by molar-refractivity contribution is 0.210. The number of rotatable bonds is 8. The summed E-state index contributed by atoms with van der Waals surface area (Å²) < 4.78 is 16.3. The summed E-state index contributed by atoms with van der Waals surface area (Å²) in [5.74, 6) is 2.07. The summed E-state index contributed by atoms with van der Waals surface area (Å²) in [5.41, 5.74) is 1.06. The largest absolute Gasteiger partial charge is 0.504 e. The maximum atomic E-state index is 10.3. The maximum absolute atomic E-state index is 10.3. The van der Waals surface area contributed by atoms with E-state index in [1.807, 2.05) is 18.2 Å². The van der Waals surface area contributed by atoms with E-state index in [4.69, 9.17) is 14.2 Å². The Morgan fingerprint density at radius 3 is 2.00 bits per heavy atom. The summed E-state index contributed by atoms with van der Waals surface area (Å²) in [6.07, 6.45) is 0. The second-order valence-electron chi connectivity index (χ2n) is 7.45. The van der Waals surface area contributed by atoms with E-state index in [1.165, 1.54) is 7.11 Å². The number of ether oxygens (including phenoxy) is 3. The van der Waals surface area contributed by atoms with Crippen LogP contribution < -0.4 is 19.5 Å². The topological polar surface area (TPSA) is 80.2 Å². The third-order valence-corrected chi connectivity index (χ3v) is 5.40. The zero-order valence-electron chi connectivity index (χ0n) is 17.6. The lowest BCUT2D eigenvalue weighted by Crippen LogP contribution is -2.36. The molecule has 0 unspecified atom stereocenters. The van der Waals surface area contributed by atoms with Gasteiger partial charge in [-0.15, -0.1) is 0 Å². The quantitative estimate of drug-likeness (QED) is 0.500. The van der Waals surface area contributed by atoms with Crippen LogP contribution >= 0.6 is 0 Å². The lowest BCUT2D eigenvalue weighted by Gasteiger charge is -2.21. The van der Waals surface area contributed by atoms with Crippen LogP contribution in [0.1, 0.15) is 19.4 Å². The first-order valence-corrected chi connectivity index (χ1v) is 9.66. The summed E-state index contributed by atoms with van der Waals surface area (Å²) in [5, 5.41) is 27.2. The average molecular weight is 399 g/mol. The molecule has 0 saturated heterocycles. The van der Waals surface area contributed by atoms with E-state index in [1.54, 1.807) is 20.3 Å². The highest BCUT2D eigenvalue weighted by Crippen LogP contribution is 2.40. The standard InChI is InChI=1S/C23H29NO5/c1-13(2)19(12-25)24-11-15-6-14-7-21(27-3)20(26)8-16(14)18-10-23(29-5)22(28-4)9-17(15)18/h6-10,13,19,24-26H,11-12H2,1-5H3/t19-/m1/s1. The summed E-state index contributed by atoms with van der Waals surface area (Å²) >= 11 is 0. The molecule has 0 bridgehead atoms. The van der Waals surface area contributed by atoms with Crippen LogP contribution in [0.5, 0.6) is 23.0 Å². The second kappa shape index (κ2) is 8.76. The SMILES string of the molecule is COc1cc2cc(CN[C@H](CO)C(C)C)c3cc(OC)c(OC)cc3c2cc1O. The van der Waals surface area contributed by atoms with Crippen molar-refractivity contribution in [2.45, 2.75) is 26.4 Å². The van der Waals surface area contributed by atoms with E-state index in [9.17, 15) is 10.2 Å². The third-order valence-electron chi connectivity index (χ3n) is 5.40. The summed E-state index contributed by atoms with van der Waals surface area (Å²) in [6.45, 7) is 4.80. The fourth-order valence-corrected chi connectivity index (χ4v) is 3.63. The van der Waals surface area contributed by atoms with Crippen molar-refractivity contribution >= 4 is 21.5 Å². The predicted octanol–water partition coefficient (Wildman–Crippen LogP) is 3.83. The van der Waals surface area contributed by atoms with Crippen molar-refractivity contribution in [2.75, 3.05) is 27.9 Å². The maximum Gasteiger partial charge on any atom is 0.161 e. The Balaban J connectivity index is 2.25. The molecule has 3 rings (SSSR count). The van der Waals surface area contributed by atoms with E-state index in [-0.39, 0.29) is 18.4 Å². The van der Waals surface area contributed by atoms with Crippen molar-refractivity contribution in [1.82, 2.24) is 5.32 Å². The van der Waals surface area contributed by atoms with E-state index in [0.29, 0.717) is 29.7 Å². The zero-order chi connectivity index (χ0) is 21.1. The Morgan fingerprint density at radius 2 is 1.45 bits per heavy atom. The summed E-state index contributed by atoms with van der Waals surface area (Å²) in [7, 11) is 4.75. The van der Waals surface area contributed by atoms with Gasteiger partial charge in [-0.3, -0.25) is 0 Å². The smallest absolute Gasteiger partial charge is 0.161 e. The average Bonchev–Trinajstić information content (AvgIpc) is 2.72. The molecule has 0 spiro atoms. The lowest BCUT2D eigenvalue weighted by atomic mass is 9.95. The van der Waals surface area contributed by atoms with Gasteiger partial charge in [0.05, 0.1) is 27.9 Å². The first-order chi connectivity index (χ1) is 13.9. The van der Waals surface area contributed by atoms with Gasteiger partial charge in [-0.2, -0.15) is 0 Å². The summed E-state index contributed by atoms with van der Waals surface area (Å²) in [6, 6.07) is 9.50. The number of methoxy groups -OCH3 is 3. The molecule has 0 fully saturated rings.